The molecule has 0 nitrogen and oxygen atoms in total. The molecule has 0 fully saturated rings. The average molecular weight is 354 g/mol. The molecule has 0 heterocycles. The molecule has 88 valence electrons. The molecular formula is C15H14Br2. The Hall–Kier alpha value is -0.600. The van der Waals surface area contributed by atoms with E-state index < -0.39 is 0 Å². The van der Waals surface area contributed by atoms with Crippen LogP contribution in [0.15, 0.2) is 53.0 Å². The third-order valence-corrected chi connectivity index (χ3v) is 4.14. The topological polar surface area (TPSA) is 0 Å². The van der Waals surface area contributed by atoms with Crippen LogP contribution < -0.4 is 0 Å². The van der Waals surface area contributed by atoms with E-state index in [2.05, 4.69) is 87.3 Å². The van der Waals surface area contributed by atoms with Crippen LogP contribution in [0.4, 0.5) is 0 Å². The number of halogens is 2. The van der Waals surface area contributed by atoms with Crippen LogP contribution in [-0.4, -0.2) is 0 Å². The van der Waals surface area contributed by atoms with E-state index in [0.29, 0.717) is 4.83 Å². The van der Waals surface area contributed by atoms with Gasteiger partial charge in [-0.25, -0.2) is 0 Å². The van der Waals surface area contributed by atoms with Gasteiger partial charge in [0.25, 0.3) is 0 Å². The summed E-state index contributed by atoms with van der Waals surface area (Å²) in [7, 11) is 0. The zero-order valence-electron chi connectivity index (χ0n) is 9.66. The molecule has 0 spiro atoms. The molecule has 2 heteroatoms. The van der Waals surface area contributed by atoms with Crippen molar-refractivity contribution >= 4 is 31.9 Å². The lowest BCUT2D eigenvalue weighted by Crippen LogP contribution is -1.97. The predicted molar refractivity (Wildman–Crippen MR) is 80.7 cm³/mol. The fourth-order valence-electron chi connectivity index (χ4n) is 1.92. The molecule has 0 bridgehead atoms. The Labute approximate surface area is 119 Å². The molecule has 0 aromatic heterocycles. The molecule has 2 aromatic carbocycles. The third-order valence-electron chi connectivity index (χ3n) is 2.83. The standard InChI is InChI=1S/C15H14Br2/c1-11-5-2-3-8-14(11)15(17)10-12-6-4-7-13(16)9-12/h2-9,15H,10H2,1H3. The van der Waals surface area contributed by atoms with E-state index >= 15 is 0 Å². The fourth-order valence-corrected chi connectivity index (χ4v) is 3.25. The minimum Gasteiger partial charge on any atom is -0.0835 e. The third kappa shape index (κ3) is 3.43. The quantitative estimate of drug-likeness (QED) is 0.645. The van der Waals surface area contributed by atoms with Crippen molar-refractivity contribution in [3.05, 3.63) is 69.7 Å². The van der Waals surface area contributed by atoms with Crippen molar-refractivity contribution in [3.63, 3.8) is 0 Å². The van der Waals surface area contributed by atoms with Crippen molar-refractivity contribution in [2.24, 2.45) is 0 Å². The first-order valence-corrected chi connectivity index (χ1v) is 7.32. The molecule has 0 aliphatic rings. The molecule has 0 aliphatic heterocycles. The second-order valence-electron chi connectivity index (χ2n) is 4.16. The lowest BCUT2D eigenvalue weighted by atomic mass is 10.0. The number of alkyl halides is 1. The normalized spacial score (nSPS) is 12.4. The summed E-state index contributed by atoms with van der Waals surface area (Å²) in [4.78, 5) is 0.373. The first-order chi connectivity index (χ1) is 8.16. The van der Waals surface area contributed by atoms with Crippen LogP contribution in [0.5, 0.6) is 0 Å². The molecule has 0 N–H and O–H groups in total. The maximum Gasteiger partial charge on any atom is 0.0438 e. The Morgan fingerprint density at radius 3 is 2.53 bits per heavy atom. The summed E-state index contributed by atoms with van der Waals surface area (Å²) in [5.41, 5.74) is 4.04. The smallest absolute Gasteiger partial charge is 0.0438 e. The average Bonchev–Trinajstić information content (AvgIpc) is 2.29. The van der Waals surface area contributed by atoms with Crippen molar-refractivity contribution in [1.29, 1.82) is 0 Å². The van der Waals surface area contributed by atoms with E-state index in [1.807, 2.05) is 0 Å². The van der Waals surface area contributed by atoms with Gasteiger partial charge in [0.1, 0.15) is 0 Å². The van der Waals surface area contributed by atoms with Crippen LogP contribution in [0.2, 0.25) is 0 Å². The highest BCUT2D eigenvalue weighted by atomic mass is 79.9. The van der Waals surface area contributed by atoms with Crippen LogP contribution in [0.25, 0.3) is 0 Å². The van der Waals surface area contributed by atoms with Crippen LogP contribution in [0, 0.1) is 6.92 Å². The lowest BCUT2D eigenvalue weighted by molar-refractivity contribution is 0.937. The highest BCUT2D eigenvalue weighted by molar-refractivity contribution is 9.10. The van der Waals surface area contributed by atoms with Gasteiger partial charge in [0.15, 0.2) is 0 Å². The summed E-state index contributed by atoms with van der Waals surface area (Å²) < 4.78 is 1.14. The van der Waals surface area contributed by atoms with Crippen LogP contribution in [-0.2, 0) is 6.42 Å². The molecule has 0 radical (unpaired) electrons. The van der Waals surface area contributed by atoms with Gasteiger partial charge in [-0.2, -0.15) is 0 Å². The summed E-state index contributed by atoms with van der Waals surface area (Å²) in [6, 6.07) is 17.0. The number of aryl methyl sites for hydroxylation is 1. The van der Waals surface area contributed by atoms with E-state index in [4.69, 9.17) is 0 Å². The van der Waals surface area contributed by atoms with Gasteiger partial charge in [0.05, 0.1) is 0 Å². The molecule has 17 heavy (non-hydrogen) atoms. The zero-order chi connectivity index (χ0) is 12.3. The first kappa shape index (κ1) is 12.8. The van der Waals surface area contributed by atoms with Crippen molar-refractivity contribution < 1.29 is 0 Å². The summed E-state index contributed by atoms with van der Waals surface area (Å²) >= 11 is 7.29. The molecule has 2 aromatic rings. The van der Waals surface area contributed by atoms with Crippen molar-refractivity contribution in [2.45, 2.75) is 18.2 Å². The Morgan fingerprint density at radius 1 is 1.06 bits per heavy atom. The maximum atomic E-state index is 3.78. The molecular weight excluding hydrogens is 340 g/mol. The van der Waals surface area contributed by atoms with Gasteiger partial charge >= 0.3 is 0 Å². The van der Waals surface area contributed by atoms with Gasteiger partial charge < -0.3 is 0 Å². The van der Waals surface area contributed by atoms with E-state index in [9.17, 15) is 0 Å². The van der Waals surface area contributed by atoms with Crippen LogP contribution in [0.1, 0.15) is 21.5 Å². The largest absolute Gasteiger partial charge is 0.0835 e. The Morgan fingerprint density at radius 2 is 1.82 bits per heavy atom. The van der Waals surface area contributed by atoms with Crippen LogP contribution >= 0.6 is 31.9 Å². The molecule has 0 amide bonds. The van der Waals surface area contributed by atoms with Gasteiger partial charge in [-0.3, -0.25) is 0 Å². The minimum atomic E-state index is 0.373. The summed E-state index contributed by atoms with van der Waals surface area (Å²) in [6.45, 7) is 2.16. The fraction of sp³-hybridized carbons (Fsp3) is 0.200. The van der Waals surface area contributed by atoms with Crippen molar-refractivity contribution in [3.8, 4) is 0 Å². The zero-order valence-corrected chi connectivity index (χ0v) is 12.8. The predicted octanol–water partition coefficient (Wildman–Crippen LogP) is 5.44. The first-order valence-electron chi connectivity index (χ1n) is 5.61. The Kier molecular flexibility index (Phi) is 4.41. The molecule has 0 saturated carbocycles. The number of rotatable bonds is 3. The number of hydrogen-bond acceptors (Lipinski definition) is 0. The minimum absolute atomic E-state index is 0.373. The monoisotopic (exact) mass is 352 g/mol. The van der Waals surface area contributed by atoms with E-state index in [-0.39, 0.29) is 0 Å². The second-order valence-corrected chi connectivity index (χ2v) is 6.18. The van der Waals surface area contributed by atoms with E-state index in [1.165, 1.54) is 16.7 Å². The highest BCUT2D eigenvalue weighted by Gasteiger charge is 2.10. The number of benzene rings is 2. The Bertz CT molecular complexity index is 506. The molecule has 1 unspecified atom stereocenters. The van der Waals surface area contributed by atoms with Crippen molar-refractivity contribution in [2.75, 3.05) is 0 Å². The van der Waals surface area contributed by atoms with Gasteiger partial charge in [-0.05, 0) is 42.2 Å². The summed E-state index contributed by atoms with van der Waals surface area (Å²) in [5, 5.41) is 0. The lowest BCUT2D eigenvalue weighted by Gasteiger charge is -2.13. The molecule has 1 atom stereocenters. The summed E-state index contributed by atoms with van der Waals surface area (Å²) in [5.74, 6) is 0. The van der Waals surface area contributed by atoms with Crippen molar-refractivity contribution in [1.82, 2.24) is 0 Å². The summed E-state index contributed by atoms with van der Waals surface area (Å²) in [6.07, 6.45) is 1.00. The molecule has 0 saturated heterocycles. The van der Waals surface area contributed by atoms with E-state index in [1.54, 1.807) is 0 Å². The number of hydrogen-bond donors (Lipinski definition) is 0. The maximum absolute atomic E-state index is 3.78. The van der Waals surface area contributed by atoms with E-state index in [0.717, 1.165) is 10.9 Å². The van der Waals surface area contributed by atoms with Crippen LogP contribution in [0.3, 0.4) is 0 Å². The highest BCUT2D eigenvalue weighted by Crippen LogP contribution is 2.29. The molecule has 2 rings (SSSR count). The SMILES string of the molecule is Cc1ccccc1C(Br)Cc1cccc(Br)c1. The van der Waals surface area contributed by atoms with Gasteiger partial charge in [0.2, 0.25) is 0 Å². The Balaban J connectivity index is 2.17. The second kappa shape index (κ2) is 5.83. The van der Waals surface area contributed by atoms with Gasteiger partial charge in [-0.1, -0.05) is 68.3 Å². The molecule has 0 aliphatic carbocycles. The van der Waals surface area contributed by atoms with Gasteiger partial charge in [-0.15, -0.1) is 0 Å². The van der Waals surface area contributed by atoms with Gasteiger partial charge in [0, 0.05) is 9.30 Å².